The molecule has 0 atom stereocenters. The van der Waals surface area contributed by atoms with Crippen LogP contribution in [0.1, 0.15) is 46.3 Å². The summed E-state index contributed by atoms with van der Waals surface area (Å²) in [4.78, 5) is 0. The van der Waals surface area contributed by atoms with Gasteiger partial charge in [-0.05, 0) is 11.3 Å². The molecule has 1 rings (SSSR count). The summed E-state index contributed by atoms with van der Waals surface area (Å²) in [6.07, 6.45) is 0.937. The third-order valence-electron chi connectivity index (χ3n) is 2.32. The highest BCUT2D eigenvalue weighted by molar-refractivity contribution is 4.98. The Hall–Kier alpha value is -0.900. The van der Waals surface area contributed by atoms with Gasteiger partial charge in [-0.15, -0.1) is 10.2 Å². The lowest BCUT2D eigenvalue weighted by Crippen LogP contribution is -2.18. The molecule has 0 saturated heterocycles. The molecule has 0 saturated carbocycles. The molecule has 0 unspecified atom stereocenters. The molecule has 1 aromatic heterocycles. The van der Waals surface area contributed by atoms with E-state index in [4.69, 9.17) is 5.73 Å². The quantitative estimate of drug-likeness (QED) is 0.850. The van der Waals surface area contributed by atoms with Gasteiger partial charge < -0.3 is 10.3 Å². The number of nitrogens with zero attached hydrogens (tertiary/aromatic N) is 3. The molecule has 16 heavy (non-hydrogen) atoms. The smallest absolute Gasteiger partial charge is 0.146 e. The summed E-state index contributed by atoms with van der Waals surface area (Å²) in [5, 5.41) is 8.42. The van der Waals surface area contributed by atoms with E-state index in [0.29, 0.717) is 12.5 Å². The van der Waals surface area contributed by atoms with Gasteiger partial charge in [-0.1, -0.05) is 34.6 Å². The summed E-state index contributed by atoms with van der Waals surface area (Å²) in [5.41, 5.74) is 5.91. The van der Waals surface area contributed by atoms with Crippen LogP contribution in [0.15, 0.2) is 0 Å². The molecule has 0 aliphatic carbocycles. The molecule has 0 aromatic carbocycles. The monoisotopic (exact) mass is 224 g/mol. The van der Waals surface area contributed by atoms with Crippen LogP contribution in [0.25, 0.3) is 0 Å². The van der Waals surface area contributed by atoms with Crippen LogP contribution < -0.4 is 5.73 Å². The van der Waals surface area contributed by atoms with Gasteiger partial charge in [0.05, 0.1) is 6.54 Å². The van der Waals surface area contributed by atoms with Gasteiger partial charge in [-0.2, -0.15) is 0 Å². The fraction of sp³-hybridized carbons (Fsp3) is 0.833. The second kappa shape index (κ2) is 4.95. The Labute approximate surface area is 98.2 Å². The second-order valence-corrected chi connectivity index (χ2v) is 5.98. The minimum Gasteiger partial charge on any atom is -0.324 e. The maximum Gasteiger partial charge on any atom is 0.146 e. The summed E-state index contributed by atoms with van der Waals surface area (Å²) in [5.74, 6) is 2.54. The Balaban J connectivity index is 2.95. The lowest BCUT2D eigenvalue weighted by molar-refractivity contribution is 0.382. The van der Waals surface area contributed by atoms with Crippen molar-refractivity contribution in [3.05, 3.63) is 11.6 Å². The lowest BCUT2D eigenvalue weighted by Gasteiger charge is -2.19. The average molecular weight is 224 g/mol. The van der Waals surface area contributed by atoms with E-state index in [0.717, 1.165) is 24.6 Å². The summed E-state index contributed by atoms with van der Waals surface area (Å²) in [6, 6.07) is 0. The fourth-order valence-electron chi connectivity index (χ4n) is 1.70. The van der Waals surface area contributed by atoms with Crippen molar-refractivity contribution in [2.24, 2.45) is 17.1 Å². The lowest BCUT2D eigenvalue weighted by atomic mass is 9.92. The van der Waals surface area contributed by atoms with Crippen molar-refractivity contribution in [1.82, 2.24) is 14.8 Å². The van der Waals surface area contributed by atoms with E-state index in [1.807, 2.05) is 0 Å². The molecule has 0 bridgehead atoms. The summed E-state index contributed by atoms with van der Waals surface area (Å²) in [6.45, 7) is 12.4. The van der Waals surface area contributed by atoms with Crippen molar-refractivity contribution < 1.29 is 0 Å². The van der Waals surface area contributed by atoms with Crippen LogP contribution in [0.2, 0.25) is 0 Å². The maximum absolute atomic E-state index is 5.68. The summed E-state index contributed by atoms with van der Waals surface area (Å²) in [7, 11) is 0. The van der Waals surface area contributed by atoms with Crippen LogP contribution >= 0.6 is 0 Å². The van der Waals surface area contributed by atoms with Gasteiger partial charge >= 0.3 is 0 Å². The second-order valence-electron chi connectivity index (χ2n) is 5.98. The van der Waals surface area contributed by atoms with Crippen molar-refractivity contribution in [3.8, 4) is 0 Å². The van der Waals surface area contributed by atoms with Gasteiger partial charge in [-0.25, -0.2) is 0 Å². The van der Waals surface area contributed by atoms with Crippen molar-refractivity contribution in [3.63, 3.8) is 0 Å². The van der Waals surface area contributed by atoms with Crippen molar-refractivity contribution in [1.29, 1.82) is 0 Å². The first-order chi connectivity index (χ1) is 7.33. The van der Waals surface area contributed by atoms with E-state index >= 15 is 0 Å². The van der Waals surface area contributed by atoms with Crippen molar-refractivity contribution >= 4 is 0 Å². The number of hydrogen-bond acceptors (Lipinski definition) is 3. The zero-order valence-electron chi connectivity index (χ0n) is 11.1. The Morgan fingerprint density at radius 2 is 1.75 bits per heavy atom. The molecular formula is C12H24N4. The molecule has 0 aliphatic rings. The first-order valence-electron chi connectivity index (χ1n) is 5.94. The number of rotatable bonds is 4. The van der Waals surface area contributed by atoms with E-state index in [1.54, 1.807) is 0 Å². The highest BCUT2D eigenvalue weighted by Gasteiger charge is 2.18. The standard InChI is InChI=1S/C12H24N4/c1-9(2)8-16-10(6-12(3,4)5)14-15-11(16)7-13/h9H,6-8,13H2,1-5H3. The normalized spacial score (nSPS) is 12.4. The summed E-state index contributed by atoms with van der Waals surface area (Å²) >= 11 is 0. The number of hydrogen-bond donors (Lipinski definition) is 1. The molecule has 2 N–H and O–H groups in total. The molecular weight excluding hydrogens is 200 g/mol. The first kappa shape index (κ1) is 13.2. The zero-order valence-corrected chi connectivity index (χ0v) is 11.1. The molecule has 0 amide bonds. The zero-order chi connectivity index (χ0) is 12.3. The van der Waals surface area contributed by atoms with E-state index < -0.39 is 0 Å². The van der Waals surface area contributed by atoms with Crippen molar-refractivity contribution in [2.45, 2.75) is 54.1 Å². The highest BCUT2D eigenvalue weighted by atomic mass is 15.3. The Bertz CT molecular complexity index is 333. The molecule has 0 fully saturated rings. The van der Waals surface area contributed by atoms with E-state index in [1.165, 1.54) is 0 Å². The Morgan fingerprint density at radius 3 is 2.19 bits per heavy atom. The number of nitrogens with two attached hydrogens (primary N) is 1. The molecule has 4 heteroatoms. The molecule has 92 valence electrons. The van der Waals surface area contributed by atoms with Gasteiger partial charge in [-0.3, -0.25) is 0 Å². The molecule has 1 aromatic rings. The molecule has 0 radical (unpaired) electrons. The predicted octanol–water partition coefficient (Wildman–Crippen LogP) is 1.98. The largest absolute Gasteiger partial charge is 0.324 e. The molecule has 1 heterocycles. The Kier molecular flexibility index (Phi) is 4.08. The average Bonchev–Trinajstić information content (AvgIpc) is 2.45. The van der Waals surface area contributed by atoms with E-state index in [2.05, 4.69) is 49.4 Å². The van der Waals surface area contributed by atoms with E-state index in [-0.39, 0.29) is 5.41 Å². The highest BCUT2D eigenvalue weighted by Crippen LogP contribution is 2.20. The molecule has 0 aliphatic heterocycles. The van der Waals surface area contributed by atoms with Crippen LogP contribution in [-0.2, 0) is 19.5 Å². The SMILES string of the molecule is CC(C)Cn1c(CN)nnc1CC(C)(C)C. The Morgan fingerprint density at radius 1 is 1.19 bits per heavy atom. The van der Waals surface area contributed by atoms with E-state index in [9.17, 15) is 0 Å². The van der Waals surface area contributed by atoms with Gasteiger partial charge in [0, 0.05) is 13.0 Å². The fourth-order valence-corrected chi connectivity index (χ4v) is 1.70. The number of aromatic nitrogens is 3. The maximum atomic E-state index is 5.68. The van der Waals surface area contributed by atoms with Gasteiger partial charge in [0.2, 0.25) is 0 Å². The molecule has 4 nitrogen and oxygen atoms in total. The third-order valence-corrected chi connectivity index (χ3v) is 2.32. The summed E-state index contributed by atoms with van der Waals surface area (Å²) < 4.78 is 2.18. The van der Waals surface area contributed by atoms with Crippen LogP contribution in [0.4, 0.5) is 0 Å². The van der Waals surface area contributed by atoms with Gasteiger partial charge in [0.1, 0.15) is 11.6 Å². The minimum atomic E-state index is 0.230. The first-order valence-corrected chi connectivity index (χ1v) is 5.94. The van der Waals surface area contributed by atoms with Crippen LogP contribution in [0.3, 0.4) is 0 Å². The van der Waals surface area contributed by atoms with Crippen LogP contribution in [-0.4, -0.2) is 14.8 Å². The van der Waals surface area contributed by atoms with Crippen LogP contribution in [0.5, 0.6) is 0 Å². The minimum absolute atomic E-state index is 0.230. The van der Waals surface area contributed by atoms with Crippen molar-refractivity contribution in [2.75, 3.05) is 0 Å². The topological polar surface area (TPSA) is 56.7 Å². The predicted molar refractivity (Wildman–Crippen MR) is 65.9 cm³/mol. The van der Waals surface area contributed by atoms with Gasteiger partial charge in [0.15, 0.2) is 0 Å². The third kappa shape index (κ3) is 3.59. The molecule has 0 spiro atoms. The van der Waals surface area contributed by atoms with Gasteiger partial charge in [0.25, 0.3) is 0 Å². The van der Waals surface area contributed by atoms with Crippen LogP contribution in [0, 0.1) is 11.3 Å².